The van der Waals surface area contributed by atoms with Crippen LogP contribution in [0.1, 0.15) is 26.2 Å². The number of urea groups is 1. The first-order valence-corrected chi connectivity index (χ1v) is 5.49. The van der Waals surface area contributed by atoms with E-state index in [0.29, 0.717) is 0 Å². The molecule has 0 bridgehead atoms. The number of rotatable bonds is 4. The molecule has 1 heterocycles. The van der Waals surface area contributed by atoms with Gasteiger partial charge in [-0.2, -0.15) is 0 Å². The van der Waals surface area contributed by atoms with Crippen LogP contribution in [-0.4, -0.2) is 37.1 Å². The maximum Gasteiger partial charge on any atom is 0.314 e. The number of piperidine rings is 1. The van der Waals surface area contributed by atoms with E-state index >= 15 is 0 Å². The van der Waals surface area contributed by atoms with E-state index in [1.165, 1.54) is 6.42 Å². The molecule has 4 heteroatoms. The Balaban J connectivity index is 2.12. The smallest absolute Gasteiger partial charge is 0.314 e. The molecule has 0 aliphatic carbocycles. The standard InChI is InChI=1S/C10H21N3O/c1-2-5-12-8-9-3-6-13(7-4-9)10(11)14/h9,12H,2-8H2,1H3,(H2,11,14). The highest BCUT2D eigenvalue weighted by Gasteiger charge is 2.20. The van der Waals surface area contributed by atoms with Crippen LogP contribution in [0.4, 0.5) is 4.79 Å². The van der Waals surface area contributed by atoms with Crippen molar-refractivity contribution in [2.75, 3.05) is 26.2 Å². The van der Waals surface area contributed by atoms with Gasteiger partial charge in [0.05, 0.1) is 0 Å². The van der Waals surface area contributed by atoms with Crippen molar-refractivity contribution >= 4 is 6.03 Å². The van der Waals surface area contributed by atoms with E-state index < -0.39 is 0 Å². The van der Waals surface area contributed by atoms with Gasteiger partial charge in [-0.25, -0.2) is 4.79 Å². The zero-order valence-corrected chi connectivity index (χ0v) is 8.96. The maximum absolute atomic E-state index is 10.9. The summed E-state index contributed by atoms with van der Waals surface area (Å²) >= 11 is 0. The largest absolute Gasteiger partial charge is 0.351 e. The molecule has 1 saturated heterocycles. The molecule has 0 aromatic heterocycles. The van der Waals surface area contributed by atoms with Gasteiger partial charge < -0.3 is 16.0 Å². The van der Waals surface area contributed by atoms with Gasteiger partial charge in [0.1, 0.15) is 0 Å². The summed E-state index contributed by atoms with van der Waals surface area (Å²) in [6.07, 6.45) is 3.35. The first kappa shape index (κ1) is 11.3. The third-order valence-electron chi connectivity index (χ3n) is 2.79. The van der Waals surface area contributed by atoms with E-state index in [-0.39, 0.29) is 6.03 Å². The average Bonchev–Trinajstić information content (AvgIpc) is 2.19. The Morgan fingerprint density at radius 3 is 2.64 bits per heavy atom. The van der Waals surface area contributed by atoms with Gasteiger partial charge in [-0.1, -0.05) is 6.92 Å². The number of primary amides is 1. The van der Waals surface area contributed by atoms with E-state index in [1.54, 1.807) is 4.90 Å². The number of hydrogen-bond acceptors (Lipinski definition) is 2. The monoisotopic (exact) mass is 199 g/mol. The molecule has 0 atom stereocenters. The molecule has 2 amide bonds. The van der Waals surface area contributed by atoms with Crippen LogP contribution in [0.15, 0.2) is 0 Å². The van der Waals surface area contributed by atoms with Crippen molar-refractivity contribution in [1.82, 2.24) is 10.2 Å². The summed E-state index contributed by atoms with van der Waals surface area (Å²) in [6, 6.07) is -0.273. The summed E-state index contributed by atoms with van der Waals surface area (Å²) in [5, 5.41) is 3.41. The van der Waals surface area contributed by atoms with Gasteiger partial charge in [-0.05, 0) is 38.3 Å². The van der Waals surface area contributed by atoms with Gasteiger partial charge in [0, 0.05) is 13.1 Å². The highest BCUT2D eigenvalue weighted by Crippen LogP contribution is 2.15. The van der Waals surface area contributed by atoms with E-state index in [1.807, 2.05) is 0 Å². The van der Waals surface area contributed by atoms with Crippen molar-refractivity contribution in [2.24, 2.45) is 11.7 Å². The summed E-state index contributed by atoms with van der Waals surface area (Å²) in [5.74, 6) is 0.720. The minimum Gasteiger partial charge on any atom is -0.351 e. The Hall–Kier alpha value is -0.770. The van der Waals surface area contributed by atoms with E-state index in [0.717, 1.165) is 44.9 Å². The van der Waals surface area contributed by atoms with Crippen molar-refractivity contribution in [1.29, 1.82) is 0 Å². The predicted octanol–water partition coefficient (Wildman–Crippen LogP) is 0.777. The second-order valence-electron chi connectivity index (χ2n) is 3.97. The summed E-state index contributed by atoms with van der Waals surface area (Å²) in [6.45, 7) is 6.00. The van der Waals surface area contributed by atoms with Crippen LogP contribution < -0.4 is 11.1 Å². The van der Waals surface area contributed by atoms with Crippen LogP contribution in [0.3, 0.4) is 0 Å². The van der Waals surface area contributed by atoms with E-state index in [2.05, 4.69) is 12.2 Å². The third kappa shape index (κ3) is 3.54. The fraction of sp³-hybridized carbons (Fsp3) is 0.900. The van der Waals surface area contributed by atoms with Crippen molar-refractivity contribution < 1.29 is 4.79 Å². The molecule has 14 heavy (non-hydrogen) atoms. The molecular weight excluding hydrogens is 178 g/mol. The molecule has 0 aromatic carbocycles. The fourth-order valence-electron chi connectivity index (χ4n) is 1.84. The summed E-state index contributed by atoms with van der Waals surface area (Å²) in [4.78, 5) is 12.6. The molecule has 0 unspecified atom stereocenters. The number of likely N-dealkylation sites (tertiary alicyclic amines) is 1. The third-order valence-corrected chi connectivity index (χ3v) is 2.79. The number of hydrogen-bond donors (Lipinski definition) is 2. The van der Waals surface area contributed by atoms with Gasteiger partial charge in [-0.15, -0.1) is 0 Å². The highest BCUT2D eigenvalue weighted by molar-refractivity contribution is 5.72. The van der Waals surface area contributed by atoms with Gasteiger partial charge in [0.25, 0.3) is 0 Å². The minimum atomic E-state index is -0.273. The Bertz CT molecular complexity index is 176. The zero-order valence-electron chi connectivity index (χ0n) is 8.96. The van der Waals surface area contributed by atoms with Crippen LogP contribution in [0.2, 0.25) is 0 Å². The Morgan fingerprint density at radius 1 is 1.50 bits per heavy atom. The lowest BCUT2D eigenvalue weighted by atomic mass is 9.97. The quantitative estimate of drug-likeness (QED) is 0.657. The zero-order chi connectivity index (χ0) is 10.4. The molecule has 82 valence electrons. The second kappa shape index (κ2) is 5.86. The van der Waals surface area contributed by atoms with Crippen molar-refractivity contribution in [3.63, 3.8) is 0 Å². The van der Waals surface area contributed by atoms with Gasteiger partial charge in [0.2, 0.25) is 0 Å². The average molecular weight is 199 g/mol. The SMILES string of the molecule is CCCNCC1CCN(C(N)=O)CC1. The number of carbonyl (C=O) groups is 1. The molecule has 1 rings (SSSR count). The topological polar surface area (TPSA) is 58.4 Å². The number of nitrogens with zero attached hydrogens (tertiary/aromatic N) is 1. The number of amides is 2. The number of carbonyl (C=O) groups excluding carboxylic acids is 1. The van der Waals surface area contributed by atoms with Gasteiger partial charge >= 0.3 is 6.03 Å². The molecule has 4 nitrogen and oxygen atoms in total. The molecule has 0 radical (unpaired) electrons. The van der Waals surface area contributed by atoms with Crippen molar-refractivity contribution in [2.45, 2.75) is 26.2 Å². The normalized spacial score (nSPS) is 18.5. The van der Waals surface area contributed by atoms with Crippen LogP contribution in [0.5, 0.6) is 0 Å². The number of nitrogens with one attached hydrogen (secondary N) is 1. The molecule has 1 aliphatic rings. The molecule has 1 aliphatic heterocycles. The fourth-order valence-corrected chi connectivity index (χ4v) is 1.84. The van der Waals surface area contributed by atoms with Gasteiger partial charge in [-0.3, -0.25) is 0 Å². The lowest BCUT2D eigenvalue weighted by Crippen LogP contribution is -2.43. The molecular formula is C10H21N3O. The van der Waals surface area contributed by atoms with Crippen LogP contribution in [-0.2, 0) is 0 Å². The second-order valence-corrected chi connectivity index (χ2v) is 3.97. The molecule has 0 spiro atoms. The lowest BCUT2D eigenvalue weighted by molar-refractivity contribution is 0.178. The molecule has 1 fully saturated rings. The number of nitrogens with two attached hydrogens (primary N) is 1. The Kier molecular flexibility index (Phi) is 4.73. The van der Waals surface area contributed by atoms with E-state index in [9.17, 15) is 4.79 Å². The van der Waals surface area contributed by atoms with Crippen LogP contribution >= 0.6 is 0 Å². The van der Waals surface area contributed by atoms with E-state index in [4.69, 9.17) is 5.73 Å². The van der Waals surface area contributed by atoms with Crippen molar-refractivity contribution in [3.05, 3.63) is 0 Å². The van der Waals surface area contributed by atoms with Crippen molar-refractivity contribution in [3.8, 4) is 0 Å². The highest BCUT2D eigenvalue weighted by atomic mass is 16.2. The minimum absolute atomic E-state index is 0.273. The Labute approximate surface area is 85.8 Å². The molecule has 0 saturated carbocycles. The first-order chi connectivity index (χ1) is 6.74. The Morgan fingerprint density at radius 2 is 2.14 bits per heavy atom. The molecule has 0 aromatic rings. The maximum atomic E-state index is 10.9. The predicted molar refractivity (Wildman–Crippen MR) is 57.0 cm³/mol. The first-order valence-electron chi connectivity index (χ1n) is 5.49. The summed E-state index contributed by atoms with van der Waals surface area (Å²) < 4.78 is 0. The van der Waals surface area contributed by atoms with Crippen LogP contribution in [0, 0.1) is 5.92 Å². The van der Waals surface area contributed by atoms with Gasteiger partial charge in [0.15, 0.2) is 0 Å². The van der Waals surface area contributed by atoms with Crippen LogP contribution in [0.25, 0.3) is 0 Å². The lowest BCUT2D eigenvalue weighted by Gasteiger charge is -2.30. The summed E-state index contributed by atoms with van der Waals surface area (Å²) in [5.41, 5.74) is 5.21. The summed E-state index contributed by atoms with van der Waals surface area (Å²) in [7, 11) is 0. The molecule has 3 N–H and O–H groups in total.